The molecule has 0 aliphatic carbocycles. The van der Waals surface area contributed by atoms with E-state index in [0.29, 0.717) is 17.4 Å². The van der Waals surface area contributed by atoms with Gasteiger partial charge in [-0.25, -0.2) is 4.98 Å². The van der Waals surface area contributed by atoms with E-state index in [1.807, 2.05) is 6.92 Å². The Morgan fingerprint density at radius 2 is 2.32 bits per heavy atom. The molecule has 1 atom stereocenters. The molecule has 1 aliphatic heterocycles. The van der Waals surface area contributed by atoms with Gasteiger partial charge in [-0.3, -0.25) is 4.79 Å². The van der Waals surface area contributed by atoms with Gasteiger partial charge in [0.25, 0.3) is 5.91 Å². The summed E-state index contributed by atoms with van der Waals surface area (Å²) >= 11 is 6.03. The number of carbonyl (C=O) groups excluding carboxylic acids is 1. The van der Waals surface area contributed by atoms with Crippen molar-refractivity contribution in [2.45, 2.75) is 25.3 Å². The number of nitrogens with one attached hydrogen (secondary N) is 2. The van der Waals surface area contributed by atoms with E-state index in [9.17, 15) is 4.79 Å². The van der Waals surface area contributed by atoms with Crippen molar-refractivity contribution in [2.24, 2.45) is 0 Å². The smallest absolute Gasteiger partial charge is 0.272 e. The highest BCUT2D eigenvalue weighted by Gasteiger charge is 2.30. The molecule has 0 spiro atoms. The van der Waals surface area contributed by atoms with Gasteiger partial charge < -0.3 is 15.4 Å². The number of nitrogens with zero attached hydrogens (tertiary/aromatic N) is 1. The Bertz CT molecular complexity index is 473. The summed E-state index contributed by atoms with van der Waals surface area (Å²) < 4.78 is 5.42. The fourth-order valence-electron chi connectivity index (χ4n) is 2.11. The molecule has 1 aromatic heterocycles. The van der Waals surface area contributed by atoms with E-state index < -0.39 is 0 Å². The topological polar surface area (TPSA) is 63.2 Å². The van der Waals surface area contributed by atoms with Crippen molar-refractivity contribution in [3.63, 3.8) is 0 Å². The third-order valence-corrected chi connectivity index (χ3v) is 3.48. The summed E-state index contributed by atoms with van der Waals surface area (Å²) in [6, 6.07) is 3.39. The SMILES string of the molecule is CNc1ccc(Cl)c(C(=O)NC2(C)CCCOC2)n1. The molecule has 2 heterocycles. The minimum Gasteiger partial charge on any atom is -0.379 e. The van der Waals surface area contributed by atoms with Crippen LogP contribution in [-0.4, -0.2) is 36.7 Å². The van der Waals surface area contributed by atoms with Crippen LogP contribution in [0.1, 0.15) is 30.3 Å². The van der Waals surface area contributed by atoms with E-state index >= 15 is 0 Å². The highest BCUT2D eigenvalue weighted by molar-refractivity contribution is 6.33. The minimum atomic E-state index is -0.351. The Kier molecular flexibility index (Phi) is 4.27. The molecule has 1 unspecified atom stereocenters. The van der Waals surface area contributed by atoms with Crippen LogP contribution >= 0.6 is 11.6 Å². The van der Waals surface area contributed by atoms with Gasteiger partial charge in [0.1, 0.15) is 11.5 Å². The lowest BCUT2D eigenvalue weighted by molar-refractivity contribution is 0.0271. The molecule has 6 heteroatoms. The molecule has 0 bridgehead atoms. The zero-order valence-corrected chi connectivity index (χ0v) is 11.9. The summed E-state index contributed by atoms with van der Waals surface area (Å²) in [6.45, 7) is 3.24. The number of ether oxygens (including phenoxy) is 1. The van der Waals surface area contributed by atoms with Crippen LogP contribution in [0.15, 0.2) is 12.1 Å². The Morgan fingerprint density at radius 3 is 2.95 bits per heavy atom. The predicted molar refractivity (Wildman–Crippen MR) is 74.7 cm³/mol. The van der Waals surface area contributed by atoms with Gasteiger partial charge in [0.15, 0.2) is 0 Å². The highest BCUT2D eigenvalue weighted by atomic mass is 35.5. The molecule has 0 aromatic carbocycles. The molecular formula is C13H18ClN3O2. The van der Waals surface area contributed by atoms with Gasteiger partial charge in [-0.05, 0) is 31.9 Å². The molecule has 0 saturated carbocycles. The van der Waals surface area contributed by atoms with Crippen molar-refractivity contribution in [3.05, 3.63) is 22.8 Å². The first kappa shape index (κ1) is 14.1. The van der Waals surface area contributed by atoms with E-state index in [0.717, 1.165) is 19.4 Å². The van der Waals surface area contributed by atoms with E-state index in [4.69, 9.17) is 16.3 Å². The molecule has 2 N–H and O–H groups in total. The Balaban J connectivity index is 2.15. The van der Waals surface area contributed by atoms with E-state index in [2.05, 4.69) is 15.6 Å². The van der Waals surface area contributed by atoms with Crippen molar-refractivity contribution in [1.29, 1.82) is 0 Å². The lowest BCUT2D eigenvalue weighted by atomic mass is 9.95. The van der Waals surface area contributed by atoms with Gasteiger partial charge >= 0.3 is 0 Å². The molecule has 0 radical (unpaired) electrons. The molecule has 5 nitrogen and oxygen atoms in total. The monoisotopic (exact) mass is 283 g/mol. The first-order valence-electron chi connectivity index (χ1n) is 6.29. The third kappa shape index (κ3) is 3.36. The van der Waals surface area contributed by atoms with Crippen LogP contribution in [0, 0.1) is 0 Å². The van der Waals surface area contributed by atoms with Gasteiger partial charge in [-0.1, -0.05) is 11.6 Å². The second-order valence-corrected chi connectivity index (χ2v) is 5.36. The minimum absolute atomic E-state index is 0.236. The lowest BCUT2D eigenvalue weighted by Gasteiger charge is -2.34. The maximum absolute atomic E-state index is 12.3. The number of pyridine rings is 1. The number of carbonyl (C=O) groups is 1. The van der Waals surface area contributed by atoms with Gasteiger partial charge in [0.05, 0.1) is 17.2 Å². The standard InChI is InChI=1S/C13H18ClN3O2/c1-13(6-3-7-19-8-13)17-12(18)11-9(14)4-5-10(15-2)16-11/h4-5H,3,6-8H2,1-2H3,(H,15,16)(H,17,18). The number of anilines is 1. The quantitative estimate of drug-likeness (QED) is 0.891. The number of halogens is 1. The van der Waals surface area contributed by atoms with Gasteiger partial charge in [0, 0.05) is 13.7 Å². The molecule has 19 heavy (non-hydrogen) atoms. The van der Waals surface area contributed by atoms with Gasteiger partial charge in [-0.2, -0.15) is 0 Å². The van der Waals surface area contributed by atoms with Crippen molar-refractivity contribution in [1.82, 2.24) is 10.3 Å². The molecule has 1 aliphatic rings. The van der Waals surface area contributed by atoms with Crippen LogP contribution in [0.3, 0.4) is 0 Å². The molecule has 2 rings (SSSR count). The zero-order valence-electron chi connectivity index (χ0n) is 11.1. The van der Waals surface area contributed by atoms with Crippen LogP contribution in [0.2, 0.25) is 5.02 Å². The molecular weight excluding hydrogens is 266 g/mol. The summed E-state index contributed by atoms with van der Waals surface area (Å²) in [5.41, 5.74) is -0.115. The van der Waals surface area contributed by atoms with Crippen LogP contribution < -0.4 is 10.6 Å². The second-order valence-electron chi connectivity index (χ2n) is 4.95. The third-order valence-electron chi connectivity index (χ3n) is 3.17. The number of amides is 1. The summed E-state index contributed by atoms with van der Waals surface area (Å²) in [5.74, 6) is 0.342. The predicted octanol–water partition coefficient (Wildman–Crippen LogP) is 2.08. The van der Waals surface area contributed by atoms with Gasteiger partial charge in [-0.15, -0.1) is 0 Å². The van der Waals surface area contributed by atoms with Crippen LogP contribution in [-0.2, 0) is 4.74 Å². The number of hydrogen-bond donors (Lipinski definition) is 2. The number of aromatic nitrogens is 1. The Morgan fingerprint density at radius 1 is 1.53 bits per heavy atom. The molecule has 1 amide bonds. The van der Waals surface area contributed by atoms with Crippen LogP contribution in [0.25, 0.3) is 0 Å². The fourth-order valence-corrected chi connectivity index (χ4v) is 2.30. The summed E-state index contributed by atoms with van der Waals surface area (Å²) in [6.07, 6.45) is 1.83. The Hall–Kier alpha value is -1.33. The largest absolute Gasteiger partial charge is 0.379 e. The molecule has 1 aromatic rings. The maximum atomic E-state index is 12.3. The van der Waals surface area contributed by atoms with E-state index in [-0.39, 0.29) is 17.1 Å². The van der Waals surface area contributed by atoms with Gasteiger partial charge in [0.2, 0.25) is 0 Å². The van der Waals surface area contributed by atoms with E-state index in [1.165, 1.54) is 0 Å². The summed E-state index contributed by atoms with van der Waals surface area (Å²) in [4.78, 5) is 16.5. The average molecular weight is 284 g/mol. The second kappa shape index (κ2) is 5.75. The van der Waals surface area contributed by atoms with Crippen LogP contribution in [0.4, 0.5) is 5.82 Å². The van der Waals surface area contributed by atoms with Crippen molar-refractivity contribution >= 4 is 23.3 Å². The summed E-state index contributed by atoms with van der Waals surface area (Å²) in [5, 5.41) is 6.20. The van der Waals surface area contributed by atoms with Crippen molar-refractivity contribution in [3.8, 4) is 0 Å². The Labute approximate surface area is 117 Å². The van der Waals surface area contributed by atoms with E-state index in [1.54, 1.807) is 19.2 Å². The lowest BCUT2D eigenvalue weighted by Crippen LogP contribution is -2.51. The molecule has 1 fully saturated rings. The van der Waals surface area contributed by atoms with Crippen molar-refractivity contribution < 1.29 is 9.53 Å². The zero-order chi connectivity index (χ0) is 13.9. The normalized spacial score (nSPS) is 22.9. The number of hydrogen-bond acceptors (Lipinski definition) is 4. The molecule has 1 saturated heterocycles. The highest BCUT2D eigenvalue weighted by Crippen LogP contribution is 2.21. The van der Waals surface area contributed by atoms with Crippen molar-refractivity contribution in [2.75, 3.05) is 25.6 Å². The number of rotatable bonds is 3. The fraction of sp³-hybridized carbons (Fsp3) is 0.538. The summed E-state index contributed by atoms with van der Waals surface area (Å²) in [7, 11) is 1.74. The average Bonchev–Trinajstić information content (AvgIpc) is 2.39. The van der Waals surface area contributed by atoms with Crippen LogP contribution in [0.5, 0.6) is 0 Å². The first-order valence-corrected chi connectivity index (χ1v) is 6.66. The maximum Gasteiger partial charge on any atom is 0.272 e. The first-order chi connectivity index (χ1) is 9.04. The molecule has 104 valence electrons.